The van der Waals surface area contributed by atoms with Crippen LogP contribution in [0.3, 0.4) is 0 Å². The number of hydrogen-bond acceptors (Lipinski definition) is 5. The lowest BCUT2D eigenvalue weighted by Gasteiger charge is -2.35. The molecule has 0 spiro atoms. The molecule has 32 heavy (non-hydrogen) atoms. The van der Waals surface area contributed by atoms with Crippen LogP contribution in [0.4, 0.5) is 23.2 Å². The summed E-state index contributed by atoms with van der Waals surface area (Å²) in [6.45, 7) is -1.11. The number of rotatable bonds is 7. The lowest BCUT2D eigenvalue weighted by Crippen LogP contribution is -2.52. The summed E-state index contributed by atoms with van der Waals surface area (Å²) >= 11 is 0. The molecule has 0 radical (unpaired) electrons. The first kappa shape index (κ1) is 22.3. The van der Waals surface area contributed by atoms with Crippen molar-refractivity contribution in [3.63, 3.8) is 0 Å². The summed E-state index contributed by atoms with van der Waals surface area (Å²) in [5.41, 5.74) is -2.95. The number of nitrogens with zero attached hydrogens (tertiary/aromatic N) is 1. The van der Waals surface area contributed by atoms with Gasteiger partial charge in [-0.05, 0) is 61.7 Å². The maximum Gasteiger partial charge on any atom is 0.418 e. The van der Waals surface area contributed by atoms with Crippen molar-refractivity contribution in [2.75, 3.05) is 11.9 Å². The van der Waals surface area contributed by atoms with Gasteiger partial charge in [-0.25, -0.2) is 4.39 Å². The molecule has 0 aliphatic heterocycles. The van der Waals surface area contributed by atoms with Gasteiger partial charge in [-0.15, -0.1) is 0 Å². The lowest BCUT2D eigenvalue weighted by atomic mass is 9.82. The van der Waals surface area contributed by atoms with Crippen molar-refractivity contribution < 1.29 is 32.9 Å². The number of benzene rings is 2. The Morgan fingerprint density at radius 2 is 1.81 bits per heavy atom. The van der Waals surface area contributed by atoms with Crippen molar-refractivity contribution >= 4 is 16.6 Å². The Morgan fingerprint density at radius 1 is 1.06 bits per heavy atom. The van der Waals surface area contributed by atoms with Gasteiger partial charge in [0.15, 0.2) is 5.60 Å². The number of halogens is 4. The Hall–Kier alpha value is -2.91. The fourth-order valence-electron chi connectivity index (χ4n) is 4.13. The molecule has 9 heteroatoms. The molecule has 0 amide bonds. The van der Waals surface area contributed by atoms with Crippen molar-refractivity contribution in [2.24, 2.45) is 0 Å². The Kier molecular flexibility index (Phi) is 5.50. The SMILES string of the molecule is OCc1ccc2c(NCC(O)(CC3(c4cc(F)ccc4O)CC3)C(F)(F)F)cccc2n1. The van der Waals surface area contributed by atoms with E-state index >= 15 is 0 Å². The molecular weight excluding hydrogens is 428 g/mol. The second kappa shape index (κ2) is 7.90. The maximum absolute atomic E-state index is 14.0. The normalized spacial score (nSPS) is 17.2. The Labute approximate surface area is 181 Å². The van der Waals surface area contributed by atoms with Crippen molar-refractivity contribution in [1.29, 1.82) is 0 Å². The van der Waals surface area contributed by atoms with Gasteiger partial charge in [-0.3, -0.25) is 4.98 Å². The minimum absolute atomic E-state index is 0.0751. The molecule has 2 aromatic carbocycles. The molecule has 1 saturated carbocycles. The van der Waals surface area contributed by atoms with Gasteiger partial charge in [0.25, 0.3) is 0 Å². The standard InChI is InChI=1S/C23H22F4N2O3/c24-14-4-7-20(31)17(10-14)21(8-9-21)12-22(32,23(25,26)27)13-28-18-2-1-3-19-16(18)6-5-15(11-30)29-19/h1-7,10,28,30-32H,8-9,11-13H2. The number of aliphatic hydroxyl groups is 2. The molecule has 3 aromatic rings. The van der Waals surface area contributed by atoms with Gasteiger partial charge >= 0.3 is 6.18 Å². The molecule has 4 rings (SSSR count). The number of hydrogen-bond donors (Lipinski definition) is 4. The van der Waals surface area contributed by atoms with Gasteiger partial charge in [0.05, 0.1) is 24.4 Å². The van der Waals surface area contributed by atoms with E-state index in [1.54, 1.807) is 30.3 Å². The molecule has 170 valence electrons. The third-order valence-electron chi connectivity index (χ3n) is 6.06. The molecule has 5 nitrogen and oxygen atoms in total. The van der Waals surface area contributed by atoms with E-state index in [1.165, 1.54) is 0 Å². The number of aromatic nitrogens is 1. The van der Waals surface area contributed by atoms with Crippen LogP contribution in [0.25, 0.3) is 10.9 Å². The van der Waals surface area contributed by atoms with Crippen LogP contribution in [-0.2, 0) is 12.0 Å². The summed E-state index contributed by atoms with van der Waals surface area (Å²) in [7, 11) is 0. The van der Waals surface area contributed by atoms with Gasteiger partial charge in [-0.2, -0.15) is 13.2 Å². The Morgan fingerprint density at radius 3 is 2.47 bits per heavy atom. The van der Waals surface area contributed by atoms with Crippen molar-refractivity contribution in [2.45, 2.75) is 43.1 Å². The number of fused-ring (bicyclic) bond motifs is 1. The van der Waals surface area contributed by atoms with E-state index in [4.69, 9.17) is 0 Å². The third-order valence-corrected chi connectivity index (χ3v) is 6.06. The van der Waals surface area contributed by atoms with Crippen LogP contribution in [0.15, 0.2) is 48.5 Å². The highest BCUT2D eigenvalue weighted by Gasteiger charge is 2.61. The topological polar surface area (TPSA) is 85.6 Å². The highest BCUT2D eigenvalue weighted by Crippen LogP contribution is 2.57. The fourth-order valence-corrected chi connectivity index (χ4v) is 4.13. The van der Waals surface area contributed by atoms with E-state index in [2.05, 4.69) is 10.3 Å². The minimum atomic E-state index is -4.97. The number of aliphatic hydroxyl groups excluding tert-OH is 1. The zero-order chi connectivity index (χ0) is 23.1. The largest absolute Gasteiger partial charge is 0.508 e. The quantitative estimate of drug-likeness (QED) is 0.401. The first-order valence-electron chi connectivity index (χ1n) is 10.1. The van der Waals surface area contributed by atoms with E-state index in [0.717, 1.165) is 18.2 Å². The third kappa shape index (κ3) is 4.10. The van der Waals surface area contributed by atoms with Gasteiger partial charge < -0.3 is 20.6 Å². The van der Waals surface area contributed by atoms with Crippen LogP contribution in [0.5, 0.6) is 5.75 Å². The average Bonchev–Trinajstić information content (AvgIpc) is 3.52. The summed E-state index contributed by atoms with van der Waals surface area (Å²) in [4.78, 5) is 4.24. The molecular formula is C23H22F4N2O3. The molecule has 1 fully saturated rings. The first-order valence-corrected chi connectivity index (χ1v) is 10.1. The number of anilines is 1. The molecule has 1 aliphatic carbocycles. The molecule has 1 heterocycles. The molecule has 0 saturated heterocycles. The fraction of sp³-hybridized carbons (Fsp3) is 0.348. The molecule has 1 unspecified atom stereocenters. The maximum atomic E-state index is 14.0. The Balaban J connectivity index is 1.62. The van der Waals surface area contributed by atoms with Crippen molar-refractivity contribution in [1.82, 2.24) is 4.98 Å². The van der Waals surface area contributed by atoms with Crippen molar-refractivity contribution in [3.8, 4) is 5.75 Å². The van der Waals surface area contributed by atoms with E-state index in [9.17, 15) is 32.9 Å². The van der Waals surface area contributed by atoms with E-state index in [-0.39, 0.29) is 17.9 Å². The van der Waals surface area contributed by atoms with Crippen LogP contribution < -0.4 is 5.32 Å². The predicted octanol–water partition coefficient (Wildman–Crippen LogP) is 4.40. The monoisotopic (exact) mass is 450 g/mol. The zero-order valence-corrected chi connectivity index (χ0v) is 17.0. The lowest BCUT2D eigenvalue weighted by molar-refractivity contribution is -0.259. The number of alkyl halides is 3. The number of pyridine rings is 1. The molecule has 1 aromatic heterocycles. The van der Waals surface area contributed by atoms with Gasteiger partial charge in [0, 0.05) is 22.1 Å². The van der Waals surface area contributed by atoms with Crippen LogP contribution in [0, 0.1) is 5.82 Å². The number of phenolic OH excluding ortho intramolecular Hbond substituents is 1. The summed E-state index contributed by atoms with van der Waals surface area (Å²) in [5.74, 6) is -0.954. The molecule has 1 atom stereocenters. The molecule has 0 bridgehead atoms. The van der Waals surface area contributed by atoms with E-state index in [1.807, 2.05) is 0 Å². The van der Waals surface area contributed by atoms with Crippen molar-refractivity contribution in [3.05, 3.63) is 65.6 Å². The second-order valence-corrected chi connectivity index (χ2v) is 8.33. The van der Waals surface area contributed by atoms with Gasteiger partial charge in [0.1, 0.15) is 11.6 Å². The second-order valence-electron chi connectivity index (χ2n) is 8.33. The summed E-state index contributed by atoms with van der Waals surface area (Å²) in [6, 6.07) is 11.2. The molecule has 4 N–H and O–H groups in total. The summed E-state index contributed by atoms with van der Waals surface area (Å²) in [6.07, 6.45) is -5.09. The highest BCUT2D eigenvalue weighted by molar-refractivity contribution is 5.91. The summed E-state index contributed by atoms with van der Waals surface area (Å²) in [5, 5.41) is 33.3. The molecule has 1 aliphatic rings. The van der Waals surface area contributed by atoms with E-state index in [0.29, 0.717) is 35.1 Å². The van der Waals surface area contributed by atoms with E-state index < -0.39 is 36.0 Å². The van der Waals surface area contributed by atoms with Crippen LogP contribution in [0.1, 0.15) is 30.5 Å². The minimum Gasteiger partial charge on any atom is -0.508 e. The number of phenols is 1. The van der Waals surface area contributed by atoms with Crippen LogP contribution in [-0.4, -0.2) is 38.6 Å². The smallest absolute Gasteiger partial charge is 0.418 e. The number of aromatic hydroxyl groups is 1. The van der Waals surface area contributed by atoms with Gasteiger partial charge in [0.2, 0.25) is 0 Å². The van der Waals surface area contributed by atoms with Crippen LogP contribution >= 0.6 is 0 Å². The number of nitrogens with one attached hydrogen (secondary N) is 1. The first-order chi connectivity index (χ1) is 15.1. The highest BCUT2D eigenvalue weighted by atomic mass is 19.4. The summed E-state index contributed by atoms with van der Waals surface area (Å²) < 4.78 is 55.7. The predicted molar refractivity (Wildman–Crippen MR) is 111 cm³/mol. The average molecular weight is 450 g/mol. The zero-order valence-electron chi connectivity index (χ0n) is 17.0. The van der Waals surface area contributed by atoms with Gasteiger partial charge in [-0.1, -0.05) is 6.07 Å². The Bertz CT molecular complexity index is 1150. The van der Waals surface area contributed by atoms with Crippen LogP contribution in [0.2, 0.25) is 0 Å².